The predicted octanol–water partition coefficient (Wildman–Crippen LogP) is 3.32. The van der Waals surface area contributed by atoms with Gasteiger partial charge in [0.15, 0.2) is 0 Å². The van der Waals surface area contributed by atoms with E-state index in [9.17, 15) is 13.2 Å². The minimum atomic E-state index is -3.46. The topological polar surface area (TPSA) is 57.7 Å². The van der Waals surface area contributed by atoms with Crippen LogP contribution < -0.4 is 0 Å². The molecule has 0 radical (unpaired) electrons. The average molecular weight is 399 g/mol. The molecule has 1 heterocycles. The van der Waals surface area contributed by atoms with E-state index >= 15 is 0 Å². The number of sulfonamides is 1. The summed E-state index contributed by atoms with van der Waals surface area (Å²) >= 11 is 0. The fraction of sp³-hybridized carbons (Fsp3) is 0.318. The summed E-state index contributed by atoms with van der Waals surface area (Å²) in [5.41, 5.74) is 3.30. The molecule has 0 aromatic heterocycles. The van der Waals surface area contributed by atoms with Gasteiger partial charge in [0, 0.05) is 32.3 Å². The standard InChI is InChI=1S/C22H26N2O3S/c1-3-24(4-2)28(26,27)21-12-9-18(10-13-21)11-14-22(25)23-16-15-19-7-5-6-8-20(19)17-23/h5-14H,3-4,15-17H2,1-2H3/b14-11+. The first kappa shape index (κ1) is 20.3. The van der Waals surface area contributed by atoms with Gasteiger partial charge in [0.05, 0.1) is 4.90 Å². The summed E-state index contributed by atoms with van der Waals surface area (Å²) in [5.74, 6) is -0.0330. The highest BCUT2D eigenvalue weighted by atomic mass is 32.2. The van der Waals surface area contributed by atoms with E-state index in [1.807, 2.05) is 30.9 Å². The van der Waals surface area contributed by atoms with Gasteiger partial charge in [-0.2, -0.15) is 4.31 Å². The van der Waals surface area contributed by atoms with E-state index in [1.165, 1.54) is 15.4 Å². The Labute approximate surface area is 167 Å². The molecule has 0 saturated heterocycles. The molecule has 1 aliphatic rings. The first-order valence-corrected chi connectivity index (χ1v) is 11.0. The zero-order valence-electron chi connectivity index (χ0n) is 16.3. The fourth-order valence-electron chi connectivity index (χ4n) is 3.42. The summed E-state index contributed by atoms with van der Waals surface area (Å²) < 4.78 is 26.5. The molecule has 0 saturated carbocycles. The minimum absolute atomic E-state index is 0.0330. The molecule has 0 unspecified atom stereocenters. The van der Waals surface area contributed by atoms with Gasteiger partial charge in [0.1, 0.15) is 0 Å². The molecule has 1 aliphatic heterocycles. The molecule has 28 heavy (non-hydrogen) atoms. The number of fused-ring (bicyclic) bond motifs is 1. The number of rotatable bonds is 6. The fourth-order valence-corrected chi connectivity index (χ4v) is 4.88. The lowest BCUT2D eigenvalue weighted by Gasteiger charge is -2.27. The first-order valence-electron chi connectivity index (χ1n) is 9.59. The second-order valence-electron chi connectivity index (χ2n) is 6.77. The second-order valence-corrected chi connectivity index (χ2v) is 8.71. The maximum absolute atomic E-state index is 12.5. The molecular formula is C22H26N2O3S. The molecule has 0 bridgehead atoms. The monoisotopic (exact) mass is 398 g/mol. The van der Waals surface area contributed by atoms with E-state index in [0.717, 1.165) is 12.0 Å². The van der Waals surface area contributed by atoms with E-state index in [4.69, 9.17) is 0 Å². The van der Waals surface area contributed by atoms with Crippen LogP contribution in [0.5, 0.6) is 0 Å². The Morgan fingerprint density at radius 1 is 1.04 bits per heavy atom. The van der Waals surface area contributed by atoms with Crippen LogP contribution in [0.3, 0.4) is 0 Å². The minimum Gasteiger partial charge on any atom is -0.334 e. The maximum atomic E-state index is 12.5. The van der Waals surface area contributed by atoms with Gasteiger partial charge in [-0.3, -0.25) is 4.79 Å². The Morgan fingerprint density at radius 2 is 1.68 bits per heavy atom. The molecule has 0 spiro atoms. The van der Waals surface area contributed by atoms with Crippen molar-refractivity contribution in [2.45, 2.75) is 31.7 Å². The van der Waals surface area contributed by atoms with Gasteiger partial charge in [-0.1, -0.05) is 50.2 Å². The number of carbonyl (C=O) groups excluding carboxylic acids is 1. The van der Waals surface area contributed by atoms with Gasteiger partial charge < -0.3 is 4.90 Å². The molecule has 6 heteroatoms. The molecular weight excluding hydrogens is 372 g/mol. The van der Waals surface area contributed by atoms with Gasteiger partial charge in [0.2, 0.25) is 15.9 Å². The number of hydrogen-bond acceptors (Lipinski definition) is 3. The Balaban J connectivity index is 1.67. The van der Waals surface area contributed by atoms with Crippen LogP contribution in [0.4, 0.5) is 0 Å². The van der Waals surface area contributed by atoms with Crippen LogP contribution in [0.25, 0.3) is 6.08 Å². The number of carbonyl (C=O) groups is 1. The van der Waals surface area contributed by atoms with Crippen molar-refractivity contribution < 1.29 is 13.2 Å². The molecule has 3 rings (SSSR count). The van der Waals surface area contributed by atoms with Crippen molar-refractivity contribution in [2.24, 2.45) is 0 Å². The highest BCUT2D eigenvalue weighted by molar-refractivity contribution is 7.89. The van der Waals surface area contributed by atoms with Gasteiger partial charge in [0.25, 0.3) is 0 Å². The van der Waals surface area contributed by atoms with E-state index in [0.29, 0.717) is 26.2 Å². The summed E-state index contributed by atoms with van der Waals surface area (Å²) in [6.45, 7) is 5.86. The van der Waals surface area contributed by atoms with Crippen molar-refractivity contribution in [1.29, 1.82) is 0 Å². The maximum Gasteiger partial charge on any atom is 0.246 e. The average Bonchev–Trinajstić information content (AvgIpc) is 2.72. The molecule has 0 N–H and O–H groups in total. The summed E-state index contributed by atoms with van der Waals surface area (Å²) in [7, 11) is -3.46. The van der Waals surface area contributed by atoms with Crippen molar-refractivity contribution in [2.75, 3.05) is 19.6 Å². The lowest BCUT2D eigenvalue weighted by molar-refractivity contribution is -0.126. The third kappa shape index (κ3) is 4.34. The zero-order chi connectivity index (χ0) is 20.1. The van der Waals surface area contributed by atoms with Crippen LogP contribution in [0.15, 0.2) is 59.5 Å². The molecule has 2 aromatic rings. The predicted molar refractivity (Wildman–Crippen MR) is 111 cm³/mol. The van der Waals surface area contributed by atoms with Crippen LogP contribution in [-0.2, 0) is 27.8 Å². The Bertz CT molecular complexity index is 962. The van der Waals surface area contributed by atoms with Crippen LogP contribution in [0.1, 0.15) is 30.5 Å². The summed E-state index contributed by atoms with van der Waals surface area (Å²) in [6.07, 6.45) is 4.16. The van der Waals surface area contributed by atoms with E-state index in [2.05, 4.69) is 12.1 Å². The molecule has 0 aliphatic carbocycles. The highest BCUT2D eigenvalue weighted by Crippen LogP contribution is 2.19. The van der Waals surface area contributed by atoms with Gasteiger partial charge in [-0.25, -0.2) is 8.42 Å². The van der Waals surface area contributed by atoms with Gasteiger partial charge in [-0.05, 0) is 41.3 Å². The van der Waals surface area contributed by atoms with Crippen LogP contribution >= 0.6 is 0 Å². The summed E-state index contributed by atoms with van der Waals surface area (Å²) in [5, 5.41) is 0. The van der Waals surface area contributed by atoms with E-state index in [1.54, 1.807) is 36.4 Å². The SMILES string of the molecule is CCN(CC)S(=O)(=O)c1ccc(/C=C/C(=O)N2CCc3ccccc3C2)cc1. The Morgan fingerprint density at radius 3 is 2.32 bits per heavy atom. The zero-order valence-corrected chi connectivity index (χ0v) is 17.2. The van der Waals surface area contributed by atoms with Crippen molar-refractivity contribution in [3.8, 4) is 0 Å². The number of nitrogens with zero attached hydrogens (tertiary/aromatic N) is 2. The normalized spacial score (nSPS) is 14.5. The molecule has 0 fully saturated rings. The van der Waals surface area contributed by atoms with Crippen molar-refractivity contribution in [1.82, 2.24) is 9.21 Å². The summed E-state index contributed by atoms with van der Waals surface area (Å²) in [6, 6.07) is 14.8. The van der Waals surface area contributed by atoms with E-state index in [-0.39, 0.29) is 10.8 Å². The quantitative estimate of drug-likeness (QED) is 0.702. The largest absolute Gasteiger partial charge is 0.334 e. The third-order valence-corrected chi connectivity index (χ3v) is 7.15. The Hall–Kier alpha value is -2.44. The van der Waals surface area contributed by atoms with Gasteiger partial charge >= 0.3 is 0 Å². The number of hydrogen-bond donors (Lipinski definition) is 0. The van der Waals surface area contributed by atoms with Crippen LogP contribution in [0, 0.1) is 0 Å². The highest BCUT2D eigenvalue weighted by Gasteiger charge is 2.21. The Kier molecular flexibility index (Phi) is 6.31. The molecule has 1 amide bonds. The van der Waals surface area contributed by atoms with Gasteiger partial charge in [-0.15, -0.1) is 0 Å². The number of benzene rings is 2. The first-order chi connectivity index (χ1) is 13.5. The van der Waals surface area contributed by atoms with Crippen molar-refractivity contribution >= 4 is 22.0 Å². The van der Waals surface area contributed by atoms with Crippen molar-refractivity contribution in [3.05, 3.63) is 71.3 Å². The lowest BCUT2D eigenvalue weighted by Crippen LogP contribution is -2.34. The van der Waals surface area contributed by atoms with Crippen molar-refractivity contribution in [3.63, 3.8) is 0 Å². The molecule has 2 aromatic carbocycles. The number of amides is 1. The molecule has 5 nitrogen and oxygen atoms in total. The van der Waals surface area contributed by atoms with Crippen LogP contribution in [0.2, 0.25) is 0 Å². The molecule has 148 valence electrons. The summed E-state index contributed by atoms with van der Waals surface area (Å²) in [4.78, 5) is 14.6. The second kappa shape index (κ2) is 8.71. The van der Waals surface area contributed by atoms with E-state index < -0.39 is 10.0 Å². The third-order valence-electron chi connectivity index (χ3n) is 5.08. The smallest absolute Gasteiger partial charge is 0.246 e. The lowest BCUT2D eigenvalue weighted by atomic mass is 10.00. The molecule has 0 atom stereocenters. The van der Waals surface area contributed by atoms with Crippen LogP contribution in [-0.4, -0.2) is 43.2 Å².